The molecule has 0 aliphatic rings. The number of rotatable bonds is 22. The van der Waals surface area contributed by atoms with Crippen LogP contribution in [0.25, 0.3) is 0 Å². The Kier molecular flexibility index (Phi) is 17.7. The highest BCUT2D eigenvalue weighted by Crippen LogP contribution is 2.15. The average Bonchev–Trinajstić information content (AvgIpc) is 2.67. The van der Waals surface area contributed by atoms with Crippen LogP contribution in [0.15, 0.2) is 0 Å². The fraction of sp³-hybridized carbons (Fsp3) is 0.955. The standard InChI is InChI=1S/C22H44O7S/c1-2-3-4-5-6-7-8-9-10-11-12-13-14-15-16-17-21(23)18-19-22(24,25)20-29-30(26,27)28/h24-25H,2-20H2,1H3,(H,26,27,28). The van der Waals surface area contributed by atoms with Gasteiger partial charge in [-0.05, 0) is 6.42 Å². The Morgan fingerprint density at radius 1 is 0.733 bits per heavy atom. The highest BCUT2D eigenvalue weighted by Gasteiger charge is 2.27. The summed E-state index contributed by atoms with van der Waals surface area (Å²) < 4.78 is 33.2. The summed E-state index contributed by atoms with van der Waals surface area (Å²) in [5.74, 6) is -2.55. The van der Waals surface area contributed by atoms with Gasteiger partial charge in [0, 0.05) is 19.3 Å². The molecule has 180 valence electrons. The Hall–Kier alpha value is -0.540. The van der Waals surface area contributed by atoms with E-state index < -0.39 is 22.8 Å². The van der Waals surface area contributed by atoms with Gasteiger partial charge in [-0.3, -0.25) is 9.35 Å². The van der Waals surface area contributed by atoms with Crippen LogP contribution in [-0.2, 0) is 19.4 Å². The third-order valence-electron chi connectivity index (χ3n) is 5.30. The number of hydrogen-bond donors (Lipinski definition) is 3. The SMILES string of the molecule is CCCCCCCCCCCCCCCCCC(=O)CCC(O)(O)COS(=O)(=O)O. The second-order valence-electron chi connectivity index (χ2n) is 8.41. The minimum absolute atomic E-state index is 0.0690. The van der Waals surface area contributed by atoms with Crippen molar-refractivity contribution in [2.24, 2.45) is 0 Å². The quantitative estimate of drug-likeness (QED) is 0.119. The van der Waals surface area contributed by atoms with E-state index in [2.05, 4.69) is 11.1 Å². The fourth-order valence-corrected chi connectivity index (χ4v) is 3.74. The summed E-state index contributed by atoms with van der Waals surface area (Å²) in [4.78, 5) is 11.8. The zero-order valence-corrected chi connectivity index (χ0v) is 19.6. The number of ketones is 1. The molecule has 0 amide bonds. The van der Waals surface area contributed by atoms with Crippen molar-refractivity contribution in [1.82, 2.24) is 0 Å². The Morgan fingerprint density at radius 2 is 1.13 bits per heavy atom. The van der Waals surface area contributed by atoms with Gasteiger partial charge in [-0.1, -0.05) is 96.8 Å². The third-order valence-corrected chi connectivity index (χ3v) is 5.72. The van der Waals surface area contributed by atoms with Gasteiger partial charge in [-0.2, -0.15) is 8.42 Å². The molecular formula is C22H44O7S. The molecule has 8 heteroatoms. The van der Waals surface area contributed by atoms with Gasteiger partial charge in [-0.25, -0.2) is 4.18 Å². The number of hydrogen-bond acceptors (Lipinski definition) is 6. The fourth-order valence-electron chi connectivity index (χ4n) is 3.40. The summed E-state index contributed by atoms with van der Waals surface area (Å²) in [6.07, 6.45) is 18.8. The van der Waals surface area contributed by atoms with Crippen LogP contribution in [0.5, 0.6) is 0 Å². The van der Waals surface area contributed by atoms with Crippen LogP contribution >= 0.6 is 0 Å². The van der Waals surface area contributed by atoms with Crippen LogP contribution in [0.3, 0.4) is 0 Å². The molecular weight excluding hydrogens is 408 g/mol. The molecule has 3 N–H and O–H groups in total. The minimum atomic E-state index is -4.74. The highest BCUT2D eigenvalue weighted by molar-refractivity contribution is 7.80. The zero-order valence-electron chi connectivity index (χ0n) is 18.8. The molecule has 0 heterocycles. The number of carbonyl (C=O) groups is 1. The topological polar surface area (TPSA) is 121 Å². The summed E-state index contributed by atoms with van der Waals surface area (Å²) in [6.45, 7) is 1.24. The van der Waals surface area contributed by atoms with Crippen molar-refractivity contribution in [3.8, 4) is 0 Å². The van der Waals surface area contributed by atoms with E-state index in [9.17, 15) is 23.4 Å². The molecule has 0 spiro atoms. The third kappa shape index (κ3) is 22.2. The maximum Gasteiger partial charge on any atom is 0.397 e. The first-order valence-electron chi connectivity index (χ1n) is 11.7. The van der Waals surface area contributed by atoms with Gasteiger partial charge >= 0.3 is 10.4 Å². The van der Waals surface area contributed by atoms with Crippen molar-refractivity contribution >= 4 is 16.2 Å². The van der Waals surface area contributed by atoms with Gasteiger partial charge < -0.3 is 10.2 Å². The summed E-state index contributed by atoms with van der Waals surface area (Å²) in [5.41, 5.74) is 0. The van der Waals surface area contributed by atoms with Crippen LogP contribution in [0.1, 0.15) is 122 Å². The van der Waals surface area contributed by atoms with Crippen LogP contribution < -0.4 is 0 Å². The number of Topliss-reactive ketones (excluding diaryl/α,β-unsaturated/α-hetero) is 1. The molecule has 0 rings (SSSR count). The van der Waals surface area contributed by atoms with Crippen molar-refractivity contribution in [1.29, 1.82) is 0 Å². The monoisotopic (exact) mass is 452 g/mol. The molecule has 0 bridgehead atoms. The second kappa shape index (κ2) is 18.1. The predicted octanol–water partition coefficient (Wildman–Crippen LogP) is 5.10. The molecule has 7 nitrogen and oxygen atoms in total. The van der Waals surface area contributed by atoms with Crippen molar-refractivity contribution in [3.63, 3.8) is 0 Å². The number of aliphatic hydroxyl groups is 2. The van der Waals surface area contributed by atoms with Crippen molar-refractivity contribution in [2.75, 3.05) is 6.61 Å². The van der Waals surface area contributed by atoms with E-state index in [-0.39, 0.29) is 18.6 Å². The van der Waals surface area contributed by atoms with Crippen molar-refractivity contribution < 1.29 is 32.2 Å². The first-order chi connectivity index (χ1) is 14.2. The summed E-state index contributed by atoms with van der Waals surface area (Å²) in [5, 5.41) is 19.1. The van der Waals surface area contributed by atoms with Gasteiger partial charge in [0.1, 0.15) is 12.4 Å². The minimum Gasteiger partial charge on any atom is -0.364 e. The summed E-state index contributed by atoms with van der Waals surface area (Å²) >= 11 is 0. The van der Waals surface area contributed by atoms with Crippen LogP contribution in [0.4, 0.5) is 0 Å². The number of carbonyl (C=O) groups excluding carboxylic acids is 1. The van der Waals surface area contributed by atoms with E-state index in [1.54, 1.807) is 0 Å². The van der Waals surface area contributed by atoms with E-state index in [1.165, 1.54) is 77.0 Å². The van der Waals surface area contributed by atoms with Crippen LogP contribution in [0, 0.1) is 0 Å². The first kappa shape index (κ1) is 29.5. The Morgan fingerprint density at radius 3 is 1.53 bits per heavy atom. The van der Waals surface area contributed by atoms with E-state index in [0.717, 1.165) is 19.3 Å². The highest BCUT2D eigenvalue weighted by atomic mass is 32.3. The van der Waals surface area contributed by atoms with Gasteiger partial charge in [0.05, 0.1) is 0 Å². The van der Waals surface area contributed by atoms with E-state index in [0.29, 0.717) is 6.42 Å². The van der Waals surface area contributed by atoms with Gasteiger partial charge in [0.25, 0.3) is 0 Å². The molecule has 0 aliphatic heterocycles. The Bertz CT molecular complexity index is 518. The first-order valence-corrected chi connectivity index (χ1v) is 13.1. The largest absolute Gasteiger partial charge is 0.397 e. The van der Waals surface area contributed by atoms with Crippen LogP contribution in [0.2, 0.25) is 0 Å². The molecule has 0 atom stereocenters. The lowest BCUT2D eigenvalue weighted by Gasteiger charge is -2.19. The van der Waals surface area contributed by atoms with E-state index in [1.807, 2.05) is 0 Å². The Balaban J connectivity index is 3.43. The molecule has 0 radical (unpaired) electrons. The zero-order chi connectivity index (χ0) is 22.7. The van der Waals surface area contributed by atoms with Gasteiger partial charge in [0.15, 0.2) is 5.79 Å². The molecule has 0 fully saturated rings. The molecule has 0 aromatic heterocycles. The Labute approximate surface area is 183 Å². The molecule has 0 aliphatic carbocycles. The lowest BCUT2D eigenvalue weighted by atomic mass is 10.0. The molecule has 30 heavy (non-hydrogen) atoms. The molecule has 0 aromatic rings. The van der Waals surface area contributed by atoms with E-state index in [4.69, 9.17) is 4.55 Å². The number of unbranched alkanes of at least 4 members (excludes halogenated alkanes) is 14. The molecule has 0 saturated heterocycles. The van der Waals surface area contributed by atoms with Crippen molar-refractivity contribution in [3.05, 3.63) is 0 Å². The maximum absolute atomic E-state index is 11.8. The summed E-state index contributed by atoms with van der Waals surface area (Å²) in [7, 11) is -4.74. The predicted molar refractivity (Wildman–Crippen MR) is 118 cm³/mol. The molecule has 0 aromatic carbocycles. The lowest BCUT2D eigenvalue weighted by molar-refractivity contribution is -0.187. The molecule has 0 saturated carbocycles. The normalized spacial score (nSPS) is 12.4. The summed E-state index contributed by atoms with van der Waals surface area (Å²) in [6, 6.07) is 0. The average molecular weight is 453 g/mol. The lowest BCUT2D eigenvalue weighted by Crippen LogP contribution is -2.35. The second-order valence-corrected chi connectivity index (χ2v) is 9.50. The van der Waals surface area contributed by atoms with Crippen LogP contribution in [-0.4, -0.2) is 41.4 Å². The van der Waals surface area contributed by atoms with Gasteiger partial charge in [0.2, 0.25) is 0 Å². The smallest absolute Gasteiger partial charge is 0.364 e. The van der Waals surface area contributed by atoms with Gasteiger partial charge in [-0.15, -0.1) is 0 Å². The molecule has 0 unspecified atom stereocenters. The maximum atomic E-state index is 11.8. The van der Waals surface area contributed by atoms with Crippen molar-refractivity contribution in [2.45, 2.75) is 128 Å². The van der Waals surface area contributed by atoms with E-state index >= 15 is 0 Å².